The molecule has 1 saturated heterocycles. The van der Waals surface area contributed by atoms with Gasteiger partial charge in [-0.25, -0.2) is 9.98 Å². The van der Waals surface area contributed by atoms with Crippen molar-refractivity contribution in [3.05, 3.63) is 46.8 Å². The average molecular weight is 477 g/mol. The average Bonchev–Trinajstić information content (AvgIpc) is 3.27. The molecule has 0 aliphatic carbocycles. The summed E-state index contributed by atoms with van der Waals surface area (Å²) in [7, 11) is 0. The zero-order valence-electron chi connectivity index (χ0n) is 20.6. The SMILES string of the molecule is CCN(CC)CCNC1N=C(N2CCCCC2)Nc2c1sc1nc(-c3ccccc3)cc(C)c21. The molecule has 180 valence electrons. The predicted molar refractivity (Wildman–Crippen MR) is 145 cm³/mol. The molecule has 1 fully saturated rings. The Morgan fingerprint density at radius 2 is 1.88 bits per heavy atom. The van der Waals surface area contributed by atoms with Gasteiger partial charge >= 0.3 is 0 Å². The van der Waals surface area contributed by atoms with Crippen molar-refractivity contribution in [3.8, 4) is 11.3 Å². The zero-order chi connectivity index (χ0) is 23.5. The van der Waals surface area contributed by atoms with Crippen LogP contribution in [0.5, 0.6) is 0 Å². The molecule has 0 radical (unpaired) electrons. The van der Waals surface area contributed by atoms with Crippen molar-refractivity contribution in [2.75, 3.05) is 44.6 Å². The van der Waals surface area contributed by atoms with E-state index >= 15 is 0 Å². The van der Waals surface area contributed by atoms with Gasteiger partial charge in [-0.05, 0) is 50.9 Å². The number of aliphatic imine (C=N–C) groups is 1. The quantitative estimate of drug-likeness (QED) is 0.474. The first-order valence-corrected chi connectivity index (χ1v) is 13.5. The maximum Gasteiger partial charge on any atom is 0.200 e. The van der Waals surface area contributed by atoms with Crippen LogP contribution < -0.4 is 10.6 Å². The fourth-order valence-electron chi connectivity index (χ4n) is 5.00. The molecule has 2 aliphatic heterocycles. The van der Waals surface area contributed by atoms with Crippen LogP contribution in [-0.2, 0) is 0 Å². The number of aryl methyl sites for hydroxylation is 1. The van der Waals surface area contributed by atoms with Crippen molar-refractivity contribution in [2.24, 2.45) is 4.99 Å². The Morgan fingerprint density at radius 1 is 1.12 bits per heavy atom. The number of pyridine rings is 1. The second-order valence-electron chi connectivity index (χ2n) is 9.22. The van der Waals surface area contributed by atoms with Crippen LogP contribution in [0.4, 0.5) is 5.69 Å². The summed E-state index contributed by atoms with van der Waals surface area (Å²) in [6.07, 6.45) is 3.74. The first kappa shape index (κ1) is 23.3. The number of nitrogens with one attached hydrogen (secondary N) is 2. The van der Waals surface area contributed by atoms with Gasteiger partial charge in [0.15, 0.2) is 5.96 Å². The largest absolute Gasteiger partial charge is 0.343 e. The Kier molecular flexibility index (Phi) is 7.13. The molecule has 0 saturated carbocycles. The highest BCUT2D eigenvalue weighted by atomic mass is 32.1. The van der Waals surface area contributed by atoms with Gasteiger partial charge in [-0.1, -0.05) is 44.2 Å². The van der Waals surface area contributed by atoms with Gasteiger partial charge in [0.2, 0.25) is 0 Å². The summed E-state index contributed by atoms with van der Waals surface area (Å²) in [6.45, 7) is 12.9. The van der Waals surface area contributed by atoms with Crippen LogP contribution in [0.3, 0.4) is 0 Å². The number of aromatic nitrogens is 1. The topological polar surface area (TPSA) is 55.8 Å². The van der Waals surface area contributed by atoms with E-state index in [2.05, 4.69) is 77.6 Å². The molecule has 5 rings (SSSR count). The van der Waals surface area contributed by atoms with E-state index in [-0.39, 0.29) is 6.17 Å². The van der Waals surface area contributed by atoms with Gasteiger partial charge in [-0.3, -0.25) is 5.32 Å². The number of hydrogen-bond donors (Lipinski definition) is 2. The van der Waals surface area contributed by atoms with Gasteiger partial charge in [0, 0.05) is 37.1 Å². The number of nitrogens with zero attached hydrogens (tertiary/aromatic N) is 4. The summed E-state index contributed by atoms with van der Waals surface area (Å²) in [6, 6.07) is 12.7. The minimum Gasteiger partial charge on any atom is -0.343 e. The number of likely N-dealkylation sites (tertiary alicyclic amines) is 1. The highest BCUT2D eigenvalue weighted by Gasteiger charge is 2.30. The second kappa shape index (κ2) is 10.4. The molecule has 0 amide bonds. The number of fused-ring (bicyclic) bond motifs is 3. The predicted octanol–water partition coefficient (Wildman–Crippen LogP) is 5.47. The lowest BCUT2D eigenvalue weighted by Gasteiger charge is -2.34. The maximum absolute atomic E-state index is 5.19. The summed E-state index contributed by atoms with van der Waals surface area (Å²) in [5.41, 5.74) is 4.65. The van der Waals surface area contributed by atoms with E-state index < -0.39 is 0 Å². The minimum absolute atomic E-state index is 0.0393. The monoisotopic (exact) mass is 476 g/mol. The van der Waals surface area contributed by atoms with Crippen molar-refractivity contribution in [2.45, 2.75) is 46.2 Å². The van der Waals surface area contributed by atoms with Crippen LogP contribution in [-0.4, -0.2) is 60.0 Å². The number of thiophene rings is 1. The van der Waals surface area contributed by atoms with Gasteiger partial charge in [0.25, 0.3) is 0 Å². The van der Waals surface area contributed by atoms with Crippen LogP contribution in [0.2, 0.25) is 0 Å². The number of benzene rings is 1. The Hall–Kier alpha value is -2.48. The molecule has 4 heterocycles. The summed E-state index contributed by atoms with van der Waals surface area (Å²) < 4.78 is 0. The minimum atomic E-state index is -0.0393. The molecule has 34 heavy (non-hydrogen) atoms. The molecule has 2 aliphatic rings. The van der Waals surface area contributed by atoms with E-state index in [1.54, 1.807) is 11.3 Å². The number of rotatable bonds is 7. The number of likely N-dealkylation sites (N-methyl/N-ethyl adjacent to an activating group) is 1. The molecule has 2 N–H and O–H groups in total. The first-order chi connectivity index (χ1) is 16.7. The van der Waals surface area contributed by atoms with E-state index in [1.165, 1.54) is 40.8 Å². The molecular formula is C27H36N6S. The number of hydrogen-bond acceptors (Lipinski definition) is 7. The molecule has 1 atom stereocenters. The summed E-state index contributed by atoms with van der Waals surface area (Å²) in [4.78, 5) is 17.5. The molecule has 0 spiro atoms. The van der Waals surface area contributed by atoms with E-state index in [0.29, 0.717) is 0 Å². The summed E-state index contributed by atoms with van der Waals surface area (Å²) in [5.74, 6) is 1.01. The summed E-state index contributed by atoms with van der Waals surface area (Å²) >= 11 is 1.77. The van der Waals surface area contributed by atoms with Crippen LogP contribution >= 0.6 is 11.3 Å². The Morgan fingerprint density at radius 3 is 2.62 bits per heavy atom. The molecule has 6 nitrogen and oxygen atoms in total. The van der Waals surface area contributed by atoms with E-state index in [1.807, 2.05) is 0 Å². The van der Waals surface area contributed by atoms with Crippen molar-refractivity contribution in [1.29, 1.82) is 0 Å². The normalized spacial score (nSPS) is 18.2. The van der Waals surface area contributed by atoms with Crippen molar-refractivity contribution in [3.63, 3.8) is 0 Å². The first-order valence-electron chi connectivity index (χ1n) is 12.7. The lowest BCUT2D eigenvalue weighted by atomic mass is 10.1. The Bertz CT molecular complexity index is 1140. The van der Waals surface area contributed by atoms with Gasteiger partial charge in [0.1, 0.15) is 11.0 Å². The van der Waals surface area contributed by atoms with Crippen molar-refractivity contribution >= 4 is 33.2 Å². The third kappa shape index (κ3) is 4.69. The number of piperidine rings is 1. The van der Waals surface area contributed by atoms with Gasteiger partial charge in [0.05, 0.1) is 16.3 Å². The lowest BCUT2D eigenvalue weighted by molar-refractivity contribution is 0.296. The smallest absolute Gasteiger partial charge is 0.200 e. The van der Waals surface area contributed by atoms with E-state index in [9.17, 15) is 0 Å². The Balaban J connectivity index is 1.50. The third-order valence-corrected chi connectivity index (χ3v) is 8.14. The molecule has 7 heteroatoms. The van der Waals surface area contributed by atoms with Crippen molar-refractivity contribution in [1.82, 2.24) is 20.1 Å². The van der Waals surface area contributed by atoms with Crippen LogP contribution in [0.25, 0.3) is 21.5 Å². The fraction of sp³-hybridized carbons (Fsp3) is 0.481. The lowest BCUT2D eigenvalue weighted by Crippen LogP contribution is -2.43. The van der Waals surface area contributed by atoms with Crippen LogP contribution in [0.1, 0.15) is 49.7 Å². The van der Waals surface area contributed by atoms with Gasteiger partial charge < -0.3 is 15.1 Å². The molecule has 1 aromatic carbocycles. The summed E-state index contributed by atoms with van der Waals surface area (Å²) in [5, 5.41) is 8.73. The third-order valence-electron chi connectivity index (χ3n) is 7.01. The molecule has 3 aromatic rings. The molecule has 0 bridgehead atoms. The van der Waals surface area contributed by atoms with Crippen LogP contribution in [0, 0.1) is 6.92 Å². The maximum atomic E-state index is 5.19. The van der Waals surface area contributed by atoms with Gasteiger partial charge in [-0.2, -0.15) is 0 Å². The van der Waals surface area contributed by atoms with E-state index in [4.69, 9.17) is 9.98 Å². The van der Waals surface area contributed by atoms with Crippen LogP contribution in [0.15, 0.2) is 41.4 Å². The Labute approximate surface area is 207 Å². The molecule has 1 unspecified atom stereocenters. The standard InChI is InChI=1S/C27H36N6S/c1-4-32(5-2)17-14-28-25-24-23(30-27(31-25)33-15-10-7-11-16-33)22-19(3)18-21(29-26(22)34-24)20-12-8-6-9-13-20/h6,8-9,12-13,18,25,28H,4-5,7,10-11,14-17H2,1-3H3,(H,30,31). The van der Waals surface area contributed by atoms with E-state index in [0.717, 1.165) is 61.3 Å². The molecular weight excluding hydrogens is 440 g/mol. The highest BCUT2D eigenvalue weighted by molar-refractivity contribution is 7.19. The highest BCUT2D eigenvalue weighted by Crippen LogP contribution is 2.44. The number of anilines is 1. The zero-order valence-corrected chi connectivity index (χ0v) is 21.4. The van der Waals surface area contributed by atoms with Gasteiger partial charge in [-0.15, -0.1) is 11.3 Å². The number of guanidine groups is 1. The fourth-order valence-corrected chi connectivity index (χ4v) is 6.22. The molecule has 2 aromatic heterocycles. The van der Waals surface area contributed by atoms with Crippen molar-refractivity contribution < 1.29 is 0 Å². The second-order valence-corrected chi connectivity index (χ2v) is 10.3.